The van der Waals surface area contributed by atoms with Crippen molar-refractivity contribution < 1.29 is 18.4 Å². The first kappa shape index (κ1) is 17.4. The number of aromatic nitrogens is 3. The van der Waals surface area contributed by atoms with Gasteiger partial charge >= 0.3 is 5.69 Å². The van der Waals surface area contributed by atoms with Gasteiger partial charge in [0, 0.05) is 6.61 Å². The van der Waals surface area contributed by atoms with Crippen LogP contribution in [0, 0.1) is 21.9 Å². The van der Waals surface area contributed by atoms with Crippen molar-refractivity contribution in [2.45, 2.75) is 44.8 Å². The molecule has 7 nitrogen and oxygen atoms in total. The van der Waals surface area contributed by atoms with Crippen LogP contribution in [0.5, 0.6) is 0 Å². The summed E-state index contributed by atoms with van der Waals surface area (Å²) in [5.74, 6) is -1.77. The molecule has 1 aliphatic rings. The molecule has 0 amide bonds. The second-order valence-electron chi connectivity index (χ2n) is 5.95. The van der Waals surface area contributed by atoms with E-state index in [1.807, 2.05) is 6.92 Å². The Morgan fingerprint density at radius 1 is 1.28 bits per heavy atom. The van der Waals surface area contributed by atoms with Gasteiger partial charge in [-0.1, -0.05) is 0 Å². The van der Waals surface area contributed by atoms with Crippen molar-refractivity contribution in [3.05, 3.63) is 40.2 Å². The van der Waals surface area contributed by atoms with E-state index in [1.165, 1.54) is 10.9 Å². The molecule has 0 bridgehead atoms. The van der Waals surface area contributed by atoms with Crippen LogP contribution in [0.25, 0.3) is 11.4 Å². The Morgan fingerprint density at radius 3 is 2.64 bits per heavy atom. The lowest BCUT2D eigenvalue weighted by Gasteiger charge is -2.28. The third-order valence-electron chi connectivity index (χ3n) is 4.37. The number of rotatable bonds is 5. The van der Waals surface area contributed by atoms with Gasteiger partial charge in [0.2, 0.25) is 5.95 Å². The number of nitro groups is 1. The molecule has 0 unspecified atom stereocenters. The van der Waals surface area contributed by atoms with Crippen molar-refractivity contribution >= 4 is 5.69 Å². The highest BCUT2D eigenvalue weighted by atomic mass is 19.1. The molecule has 1 fully saturated rings. The lowest BCUT2D eigenvalue weighted by molar-refractivity contribution is -0.384. The second-order valence-corrected chi connectivity index (χ2v) is 5.95. The van der Waals surface area contributed by atoms with E-state index in [1.54, 1.807) is 0 Å². The van der Waals surface area contributed by atoms with Crippen molar-refractivity contribution in [2.75, 3.05) is 6.61 Å². The first-order valence-electron chi connectivity index (χ1n) is 8.17. The van der Waals surface area contributed by atoms with E-state index in [-0.39, 0.29) is 23.5 Å². The predicted octanol–water partition coefficient (Wildman–Crippen LogP) is 3.65. The molecule has 2 heterocycles. The van der Waals surface area contributed by atoms with E-state index in [9.17, 15) is 18.9 Å². The average Bonchev–Trinajstić information content (AvgIpc) is 3.03. The molecule has 9 heteroatoms. The number of ether oxygens (including phenoxy) is 1. The van der Waals surface area contributed by atoms with Gasteiger partial charge < -0.3 is 4.74 Å². The number of hydrogen-bond acceptors (Lipinski definition) is 5. The molecule has 1 aliphatic carbocycles. The van der Waals surface area contributed by atoms with Gasteiger partial charge in [0.15, 0.2) is 11.5 Å². The van der Waals surface area contributed by atoms with Crippen molar-refractivity contribution in [2.24, 2.45) is 0 Å². The van der Waals surface area contributed by atoms with Crippen molar-refractivity contribution in [1.29, 1.82) is 0 Å². The summed E-state index contributed by atoms with van der Waals surface area (Å²) in [6.07, 6.45) is 4.62. The molecular weight excluding hydrogens is 334 g/mol. The molecule has 0 aliphatic heterocycles. The summed E-state index contributed by atoms with van der Waals surface area (Å²) in [4.78, 5) is 14.1. The molecule has 2 aromatic heterocycles. The first-order valence-corrected chi connectivity index (χ1v) is 8.17. The van der Waals surface area contributed by atoms with E-state index >= 15 is 0 Å². The van der Waals surface area contributed by atoms with E-state index in [0.29, 0.717) is 6.61 Å². The number of hydrogen-bond donors (Lipinski definition) is 0. The van der Waals surface area contributed by atoms with Crippen LogP contribution in [-0.2, 0) is 4.74 Å². The Balaban J connectivity index is 1.91. The van der Waals surface area contributed by atoms with Gasteiger partial charge in [0.1, 0.15) is 11.9 Å². The highest BCUT2D eigenvalue weighted by molar-refractivity contribution is 5.66. The minimum atomic E-state index is -0.919. The summed E-state index contributed by atoms with van der Waals surface area (Å²) in [6.45, 7) is 2.59. The zero-order chi connectivity index (χ0) is 18.0. The largest absolute Gasteiger partial charge is 0.379 e. The van der Waals surface area contributed by atoms with Gasteiger partial charge in [-0.15, -0.1) is 0 Å². The topological polar surface area (TPSA) is 83.1 Å². The summed E-state index contributed by atoms with van der Waals surface area (Å²) in [5.41, 5.74) is -1.09. The zero-order valence-electron chi connectivity index (χ0n) is 13.7. The van der Waals surface area contributed by atoms with Crippen LogP contribution in [0.1, 0.15) is 38.6 Å². The molecule has 1 saturated carbocycles. The van der Waals surface area contributed by atoms with Gasteiger partial charge in [0.05, 0.1) is 17.1 Å². The summed E-state index contributed by atoms with van der Waals surface area (Å²) in [5, 5.41) is 15.5. The summed E-state index contributed by atoms with van der Waals surface area (Å²) in [6, 6.07) is 1.70. The number of halogens is 2. The number of nitrogens with zero attached hydrogens (tertiary/aromatic N) is 4. The normalized spacial score (nSPS) is 20.6. The monoisotopic (exact) mass is 352 g/mol. The molecule has 3 rings (SSSR count). The fourth-order valence-corrected chi connectivity index (χ4v) is 3.17. The van der Waals surface area contributed by atoms with E-state index in [0.717, 1.165) is 37.8 Å². The minimum absolute atomic E-state index is 0.0409. The van der Waals surface area contributed by atoms with E-state index in [4.69, 9.17) is 4.74 Å². The van der Waals surface area contributed by atoms with Crippen LogP contribution in [0.4, 0.5) is 14.5 Å². The van der Waals surface area contributed by atoms with Crippen LogP contribution >= 0.6 is 0 Å². The Bertz CT molecular complexity index is 773. The van der Waals surface area contributed by atoms with Gasteiger partial charge in [-0.2, -0.15) is 9.49 Å². The summed E-state index contributed by atoms with van der Waals surface area (Å²) in [7, 11) is 0. The SMILES string of the molecule is CCOC1CCC(n2cc([N+](=O)[O-])c(-c3nc(F)ccc3F)n2)CC1. The predicted molar refractivity (Wildman–Crippen MR) is 84.9 cm³/mol. The maximum Gasteiger partial charge on any atom is 0.316 e. The van der Waals surface area contributed by atoms with Crippen LogP contribution in [0.3, 0.4) is 0 Å². The molecule has 0 radical (unpaired) electrons. The molecule has 2 aromatic rings. The van der Waals surface area contributed by atoms with Gasteiger partial charge in [-0.3, -0.25) is 14.8 Å². The Kier molecular flexibility index (Phi) is 5.03. The Morgan fingerprint density at radius 2 is 2.00 bits per heavy atom. The first-order chi connectivity index (χ1) is 12.0. The smallest absolute Gasteiger partial charge is 0.316 e. The van der Waals surface area contributed by atoms with Gasteiger partial charge in [0.25, 0.3) is 0 Å². The summed E-state index contributed by atoms with van der Waals surface area (Å²) >= 11 is 0. The molecular formula is C16H18F2N4O3. The van der Waals surface area contributed by atoms with Crippen LogP contribution < -0.4 is 0 Å². The Labute approximate surface area is 142 Å². The van der Waals surface area contributed by atoms with Crippen LogP contribution in [0.2, 0.25) is 0 Å². The molecule has 0 atom stereocenters. The molecule has 0 spiro atoms. The van der Waals surface area contributed by atoms with Crippen molar-refractivity contribution in [1.82, 2.24) is 14.8 Å². The highest BCUT2D eigenvalue weighted by Gasteiger charge is 2.29. The van der Waals surface area contributed by atoms with Gasteiger partial charge in [-0.25, -0.2) is 9.37 Å². The quantitative estimate of drug-likeness (QED) is 0.466. The minimum Gasteiger partial charge on any atom is -0.379 e. The van der Waals surface area contributed by atoms with Crippen LogP contribution in [-0.4, -0.2) is 32.4 Å². The fourth-order valence-electron chi connectivity index (χ4n) is 3.17. The fraction of sp³-hybridized carbons (Fsp3) is 0.500. The molecule has 0 aromatic carbocycles. The van der Waals surface area contributed by atoms with Crippen molar-refractivity contribution in [3.63, 3.8) is 0 Å². The maximum absolute atomic E-state index is 14.0. The van der Waals surface area contributed by atoms with E-state index in [2.05, 4.69) is 10.1 Å². The standard InChI is InChI=1S/C16H18F2N4O3/c1-2-25-11-5-3-10(4-6-11)21-9-13(22(23)24)16(20-21)15-12(17)7-8-14(18)19-15/h7-11H,2-6H2,1H3. The highest BCUT2D eigenvalue weighted by Crippen LogP contribution is 2.34. The lowest BCUT2D eigenvalue weighted by atomic mass is 9.93. The lowest BCUT2D eigenvalue weighted by Crippen LogP contribution is -2.24. The number of pyridine rings is 1. The third kappa shape index (κ3) is 3.65. The second kappa shape index (κ2) is 7.22. The molecule has 0 N–H and O–H groups in total. The van der Waals surface area contributed by atoms with Crippen LogP contribution in [0.15, 0.2) is 18.3 Å². The summed E-state index contributed by atoms with van der Waals surface area (Å²) < 4.78 is 34.4. The third-order valence-corrected chi connectivity index (χ3v) is 4.37. The van der Waals surface area contributed by atoms with Gasteiger partial charge in [-0.05, 0) is 44.7 Å². The maximum atomic E-state index is 14.0. The van der Waals surface area contributed by atoms with E-state index < -0.39 is 22.4 Å². The molecule has 0 saturated heterocycles. The average molecular weight is 352 g/mol. The molecule has 134 valence electrons. The van der Waals surface area contributed by atoms with Crippen molar-refractivity contribution in [3.8, 4) is 11.4 Å². The molecule has 25 heavy (non-hydrogen) atoms. The zero-order valence-corrected chi connectivity index (χ0v) is 13.7. The Hall–Kier alpha value is -2.42.